The summed E-state index contributed by atoms with van der Waals surface area (Å²) in [5.74, 6) is 1.74. The van der Waals surface area contributed by atoms with Crippen LogP contribution < -0.4 is 15.0 Å². The van der Waals surface area contributed by atoms with Gasteiger partial charge in [0.15, 0.2) is 4.96 Å². The Hall–Kier alpha value is -2.42. The zero-order valence-corrected chi connectivity index (χ0v) is 17.4. The van der Waals surface area contributed by atoms with E-state index in [1.54, 1.807) is 16.7 Å². The fourth-order valence-electron chi connectivity index (χ4n) is 3.46. The Kier molecular flexibility index (Phi) is 6.43. The van der Waals surface area contributed by atoms with Gasteiger partial charge in [-0.1, -0.05) is 0 Å². The minimum absolute atomic E-state index is 0.00340. The summed E-state index contributed by atoms with van der Waals surface area (Å²) < 4.78 is 12.9. The number of fused-ring (bicyclic) bond motifs is 1. The fourth-order valence-corrected chi connectivity index (χ4v) is 4.20. The molecule has 0 spiro atoms. The third-order valence-corrected chi connectivity index (χ3v) is 5.77. The van der Waals surface area contributed by atoms with Crippen LogP contribution in [0.15, 0.2) is 46.7 Å². The van der Waals surface area contributed by atoms with Crippen molar-refractivity contribution < 1.29 is 9.47 Å². The van der Waals surface area contributed by atoms with E-state index >= 15 is 0 Å². The fraction of sp³-hybridized carbons (Fsp3) is 0.429. The van der Waals surface area contributed by atoms with Gasteiger partial charge in [-0.2, -0.15) is 0 Å². The van der Waals surface area contributed by atoms with Crippen molar-refractivity contribution in [1.29, 1.82) is 0 Å². The predicted molar refractivity (Wildman–Crippen MR) is 114 cm³/mol. The molecule has 8 heteroatoms. The second-order valence-electron chi connectivity index (χ2n) is 7.01. The molecule has 0 atom stereocenters. The van der Waals surface area contributed by atoms with Gasteiger partial charge in [0.05, 0.1) is 12.3 Å². The molecule has 0 bridgehead atoms. The summed E-state index contributed by atoms with van der Waals surface area (Å²) in [6, 6.07) is 9.42. The third kappa shape index (κ3) is 5.14. The SMILES string of the molecule is CCOc1ccc(OCCN2CCN(Cc3cc(=O)n4ccsc4n3)CC2)cc1. The van der Waals surface area contributed by atoms with Crippen molar-refractivity contribution in [3.8, 4) is 11.5 Å². The molecule has 29 heavy (non-hydrogen) atoms. The van der Waals surface area contributed by atoms with Crippen LogP contribution >= 0.6 is 11.3 Å². The smallest absolute Gasteiger partial charge is 0.258 e. The van der Waals surface area contributed by atoms with Crippen molar-refractivity contribution >= 4 is 16.3 Å². The third-order valence-electron chi connectivity index (χ3n) is 5.02. The lowest BCUT2D eigenvalue weighted by molar-refractivity contribution is 0.111. The molecule has 3 heterocycles. The highest BCUT2D eigenvalue weighted by Gasteiger charge is 2.18. The maximum Gasteiger partial charge on any atom is 0.258 e. The molecule has 154 valence electrons. The molecular formula is C21H26N4O3S. The molecule has 0 saturated carbocycles. The van der Waals surface area contributed by atoms with Crippen LogP contribution in [0.4, 0.5) is 0 Å². The van der Waals surface area contributed by atoms with Crippen molar-refractivity contribution in [2.24, 2.45) is 0 Å². The van der Waals surface area contributed by atoms with Crippen LogP contribution in [-0.4, -0.2) is 65.1 Å². The van der Waals surface area contributed by atoms with Gasteiger partial charge in [0.25, 0.3) is 5.56 Å². The van der Waals surface area contributed by atoms with E-state index in [-0.39, 0.29) is 5.56 Å². The Labute approximate surface area is 174 Å². The second-order valence-corrected chi connectivity index (χ2v) is 7.88. The summed E-state index contributed by atoms with van der Waals surface area (Å²) in [6.45, 7) is 8.86. The maximum absolute atomic E-state index is 12.1. The average Bonchev–Trinajstić information content (AvgIpc) is 3.20. The van der Waals surface area contributed by atoms with E-state index in [9.17, 15) is 4.79 Å². The van der Waals surface area contributed by atoms with Crippen LogP contribution in [0.2, 0.25) is 0 Å². The van der Waals surface area contributed by atoms with Crippen LogP contribution in [0.3, 0.4) is 0 Å². The summed E-state index contributed by atoms with van der Waals surface area (Å²) in [4.78, 5) is 22.3. The molecule has 1 aromatic carbocycles. The van der Waals surface area contributed by atoms with Crippen LogP contribution in [0, 0.1) is 0 Å². The van der Waals surface area contributed by atoms with Gasteiger partial charge >= 0.3 is 0 Å². The van der Waals surface area contributed by atoms with Gasteiger partial charge in [-0.3, -0.25) is 19.0 Å². The van der Waals surface area contributed by atoms with E-state index in [1.165, 1.54) is 11.3 Å². The lowest BCUT2D eigenvalue weighted by Crippen LogP contribution is -2.47. The van der Waals surface area contributed by atoms with E-state index in [1.807, 2.05) is 36.6 Å². The summed E-state index contributed by atoms with van der Waals surface area (Å²) in [5.41, 5.74) is 0.848. The van der Waals surface area contributed by atoms with E-state index in [2.05, 4.69) is 14.8 Å². The second kappa shape index (κ2) is 9.39. The minimum atomic E-state index is -0.00340. The molecule has 1 fully saturated rings. The Morgan fingerprint density at radius 2 is 1.72 bits per heavy atom. The quantitative estimate of drug-likeness (QED) is 0.564. The van der Waals surface area contributed by atoms with Crippen LogP contribution in [0.5, 0.6) is 11.5 Å². The van der Waals surface area contributed by atoms with Gasteiger partial charge in [0.2, 0.25) is 0 Å². The number of piperazine rings is 1. The first-order valence-corrected chi connectivity index (χ1v) is 10.9. The van der Waals surface area contributed by atoms with Crippen LogP contribution in [-0.2, 0) is 6.54 Å². The molecule has 4 rings (SSSR count). The molecule has 2 aromatic heterocycles. The standard InChI is InChI=1S/C21H26N4O3S/c1-2-27-18-3-5-19(6-4-18)28-13-11-23-7-9-24(10-8-23)16-17-15-20(26)25-12-14-29-21(25)22-17/h3-6,12,14-15H,2,7-11,13,16H2,1H3. The predicted octanol–water partition coefficient (Wildman–Crippen LogP) is 2.35. The topological polar surface area (TPSA) is 59.3 Å². The largest absolute Gasteiger partial charge is 0.494 e. The van der Waals surface area contributed by atoms with E-state index < -0.39 is 0 Å². The van der Waals surface area contributed by atoms with Gasteiger partial charge in [0.1, 0.15) is 18.1 Å². The molecule has 0 amide bonds. The lowest BCUT2D eigenvalue weighted by Gasteiger charge is -2.34. The first-order chi connectivity index (χ1) is 14.2. The molecule has 1 aliphatic rings. The Bertz CT molecular complexity index is 978. The lowest BCUT2D eigenvalue weighted by atomic mass is 10.3. The highest BCUT2D eigenvalue weighted by Crippen LogP contribution is 2.17. The zero-order valence-electron chi connectivity index (χ0n) is 16.6. The highest BCUT2D eigenvalue weighted by atomic mass is 32.1. The Morgan fingerprint density at radius 3 is 2.45 bits per heavy atom. The molecule has 1 saturated heterocycles. The summed E-state index contributed by atoms with van der Waals surface area (Å²) in [7, 11) is 0. The molecule has 0 N–H and O–H groups in total. The normalized spacial score (nSPS) is 15.6. The number of nitrogens with zero attached hydrogens (tertiary/aromatic N) is 4. The van der Waals surface area contributed by atoms with E-state index in [4.69, 9.17) is 9.47 Å². The van der Waals surface area contributed by atoms with Gasteiger partial charge in [-0.15, -0.1) is 11.3 Å². The monoisotopic (exact) mass is 414 g/mol. The highest BCUT2D eigenvalue weighted by molar-refractivity contribution is 7.15. The average molecular weight is 415 g/mol. The van der Waals surface area contributed by atoms with Crippen molar-refractivity contribution in [2.75, 3.05) is 45.9 Å². The van der Waals surface area contributed by atoms with E-state index in [0.717, 1.165) is 61.4 Å². The number of ether oxygens (including phenoxy) is 2. The van der Waals surface area contributed by atoms with Gasteiger partial charge in [-0.25, -0.2) is 4.98 Å². The molecule has 3 aromatic rings. The molecule has 0 radical (unpaired) electrons. The number of thiazole rings is 1. The summed E-state index contributed by atoms with van der Waals surface area (Å²) >= 11 is 1.49. The summed E-state index contributed by atoms with van der Waals surface area (Å²) in [6.07, 6.45) is 1.77. The Morgan fingerprint density at radius 1 is 1.03 bits per heavy atom. The first-order valence-electron chi connectivity index (χ1n) is 9.97. The van der Waals surface area contributed by atoms with Gasteiger partial charge in [0, 0.05) is 56.9 Å². The first kappa shape index (κ1) is 19.9. The van der Waals surface area contributed by atoms with Gasteiger partial charge in [-0.05, 0) is 31.2 Å². The summed E-state index contributed by atoms with van der Waals surface area (Å²) in [5, 5.41) is 1.89. The van der Waals surface area contributed by atoms with Crippen LogP contribution in [0.25, 0.3) is 4.96 Å². The molecule has 7 nitrogen and oxygen atoms in total. The molecular weight excluding hydrogens is 388 g/mol. The van der Waals surface area contributed by atoms with Crippen molar-refractivity contribution in [1.82, 2.24) is 19.2 Å². The van der Waals surface area contributed by atoms with Gasteiger partial charge < -0.3 is 9.47 Å². The number of rotatable bonds is 8. The van der Waals surface area contributed by atoms with E-state index in [0.29, 0.717) is 13.2 Å². The Balaban J connectivity index is 1.20. The van der Waals surface area contributed by atoms with Crippen molar-refractivity contribution in [3.05, 3.63) is 58.0 Å². The minimum Gasteiger partial charge on any atom is -0.494 e. The molecule has 1 aliphatic heterocycles. The van der Waals surface area contributed by atoms with Crippen LogP contribution in [0.1, 0.15) is 12.6 Å². The zero-order chi connectivity index (χ0) is 20.1. The number of hydrogen-bond acceptors (Lipinski definition) is 7. The number of hydrogen-bond donors (Lipinski definition) is 0. The maximum atomic E-state index is 12.1. The number of benzene rings is 1. The molecule has 0 aliphatic carbocycles. The molecule has 0 unspecified atom stereocenters. The number of aromatic nitrogens is 2. The van der Waals surface area contributed by atoms with Crippen molar-refractivity contribution in [3.63, 3.8) is 0 Å². The van der Waals surface area contributed by atoms with Crippen molar-refractivity contribution in [2.45, 2.75) is 13.5 Å².